The van der Waals surface area contributed by atoms with Crippen LogP contribution in [-0.2, 0) is 4.74 Å². The number of nitrogens with zero attached hydrogens (tertiary/aromatic N) is 1. The van der Waals surface area contributed by atoms with E-state index in [2.05, 4.69) is 5.32 Å². The average Bonchev–Trinajstić information content (AvgIpc) is 2.94. The van der Waals surface area contributed by atoms with Crippen molar-refractivity contribution in [2.75, 3.05) is 20.2 Å². The number of hydrogen-bond acceptors (Lipinski definition) is 4. The molecule has 0 aliphatic carbocycles. The summed E-state index contributed by atoms with van der Waals surface area (Å²) in [5.41, 5.74) is 0.0985. The number of benzene rings is 1. The standard InChI is InChI=1S/C12H14N2O2S/c1-16-10-7-13-6-9(10)14-12(15)8-4-2-3-5-11(8)17-14/h2-5,9-10,13H,6-7H2,1H3/t9?,10-/m0/s1. The van der Waals surface area contributed by atoms with Crippen molar-refractivity contribution in [2.24, 2.45) is 0 Å². The summed E-state index contributed by atoms with van der Waals surface area (Å²) < 4.78 is 8.30. The highest BCUT2D eigenvalue weighted by Gasteiger charge is 2.30. The molecular weight excluding hydrogens is 236 g/mol. The Hall–Kier alpha value is -1.17. The Morgan fingerprint density at radius 1 is 1.41 bits per heavy atom. The van der Waals surface area contributed by atoms with Crippen molar-refractivity contribution in [1.82, 2.24) is 9.27 Å². The molecule has 0 spiro atoms. The van der Waals surface area contributed by atoms with Crippen molar-refractivity contribution in [3.05, 3.63) is 34.6 Å². The second-order valence-electron chi connectivity index (χ2n) is 4.22. The molecule has 1 fully saturated rings. The van der Waals surface area contributed by atoms with Crippen LogP contribution in [0.25, 0.3) is 10.1 Å². The highest BCUT2D eigenvalue weighted by Crippen LogP contribution is 2.24. The number of rotatable bonds is 2. The zero-order valence-corrected chi connectivity index (χ0v) is 10.4. The van der Waals surface area contributed by atoms with Gasteiger partial charge in [0.05, 0.1) is 22.2 Å². The van der Waals surface area contributed by atoms with Gasteiger partial charge in [0.1, 0.15) is 0 Å². The molecule has 1 aromatic carbocycles. The highest BCUT2D eigenvalue weighted by atomic mass is 32.1. The van der Waals surface area contributed by atoms with Crippen LogP contribution in [0.5, 0.6) is 0 Å². The van der Waals surface area contributed by atoms with Gasteiger partial charge in [-0.15, -0.1) is 0 Å². The van der Waals surface area contributed by atoms with Gasteiger partial charge in [0.25, 0.3) is 5.56 Å². The predicted molar refractivity (Wildman–Crippen MR) is 68.8 cm³/mol. The Morgan fingerprint density at radius 3 is 3.00 bits per heavy atom. The molecule has 4 nitrogen and oxygen atoms in total. The number of fused-ring (bicyclic) bond motifs is 1. The monoisotopic (exact) mass is 250 g/mol. The quantitative estimate of drug-likeness (QED) is 0.871. The Bertz CT molecular complexity index is 589. The van der Waals surface area contributed by atoms with E-state index in [1.54, 1.807) is 7.11 Å². The number of aromatic nitrogens is 1. The highest BCUT2D eigenvalue weighted by molar-refractivity contribution is 7.13. The minimum absolute atomic E-state index is 0.0840. The molecule has 2 atom stereocenters. The molecule has 5 heteroatoms. The van der Waals surface area contributed by atoms with Crippen LogP contribution in [0, 0.1) is 0 Å². The van der Waals surface area contributed by atoms with E-state index < -0.39 is 0 Å². The van der Waals surface area contributed by atoms with Gasteiger partial charge in [0.2, 0.25) is 0 Å². The van der Waals surface area contributed by atoms with Gasteiger partial charge in [-0.3, -0.25) is 8.75 Å². The Balaban J connectivity index is 2.11. The molecule has 1 unspecified atom stereocenters. The predicted octanol–water partition coefficient (Wildman–Crippen LogP) is 1.22. The van der Waals surface area contributed by atoms with Gasteiger partial charge in [0, 0.05) is 20.2 Å². The van der Waals surface area contributed by atoms with Crippen molar-refractivity contribution in [3.63, 3.8) is 0 Å². The maximum Gasteiger partial charge on any atom is 0.268 e. The first kappa shape index (κ1) is 11.0. The molecule has 0 amide bonds. The number of ether oxygens (including phenoxy) is 1. The number of methoxy groups -OCH3 is 1. The second kappa shape index (κ2) is 4.25. The Kier molecular flexibility index (Phi) is 2.74. The molecular formula is C12H14N2O2S. The summed E-state index contributed by atoms with van der Waals surface area (Å²) in [4.78, 5) is 12.3. The lowest BCUT2D eigenvalue weighted by atomic mass is 10.2. The number of hydrogen-bond donors (Lipinski definition) is 1. The Labute approximate surface area is 103 Å². The van der Waals surface area contributed by atoms with E-state index in [4.69, 9.17) is 4.74 Å². The molecule has 1 aliphatic rings. The normalized spacial score (nSPS) is 24.5. The van der Waals surface area contributed by atoms with E-state index in [-0.39, 0.29) is 17.7 Å². The summed E-state index contributed by atoms with van der Waals surface area (Å²) in [6, 6.07) is 7.85. The summed E-state index contributed by atoms with van der Waals surface area (Å²) in [6.07, 6.45) is 0.0840. The van der Waals surface area contributed by atoms with Gasteiger partial charge in [-0.2, -0.15) is 0 Å². The molecule has 1 N–H and O–H groups in total. The molecule has 1 saturated heterocycles. The smallest absolute Gasteiger partial charge is 0.268 e. The van der Waals surface area contributed by atoms with Gasteiger partial charge in [-0.25, -0.2) is 0 Å². The molecule has 0 saturated carbocycles. The third kappa shape index (κ3) is 1.71. The molecule has 1 aliphatic heterocycles. The molecule has 17 heavy (non-hydrogen) atoms. The third-order valence-corrected chi connectivity index (χ3v) is 4.43. The fourth-order valence-electron chi connectivity index (χ4n) is 2.32. The molecule has 3 rings (SSSR count). The van der Waals surface area contributed by atoms with E-state index >= 15 is 0 Å². The zero-order valence-electron chi connectivity index (χ0n) is 9.55. The number of nitrogens with one attached hydrogen (secondary N) is 1. The lowest BCUT2D eigenvalue weighted by Gasteiger charge is -2.16. The van der Waals surface area contributed by atoms with Gasteiger partial charge in [-0.05, 0) is 12.1 Å². The summed E-state index contributed by atoms with van der Waals surface area (Å²) in [5, 5.41) is 4.07. The topological polar surface area (TPSA) is 43.3 Å². The summed E-state index contributed by atoms with van der Waals surface area (Å²) in [7, 11) is 1.70. The van der Waals surface area contributed by atoms with Gasteiger partial charge >= 0.3 is 0 Å². The van der Waals surface area contributed by atoms with E-state index in [0.717, 1.165) is 23.2 Å². The van der Waals surface area contributed by atoms with Gasteiger partial charge in [0.15, 0.2) is 0 Å². The van der Waals surface area contributed by atoms with E-state index in [1.165, 1.54) is 11.5 Å². The van der Waals surface area contributed by atoms with Crippen LogP contribution in [-0.4, -0.2) is 30.3 Å². The summed E-state index contributed by atoms with van der Waals surface area (Å²) in [5.74, 6) is 0. The van der Waals surface area contributed by atoms with Crippen LogP contribution in [0.3, 0.4) is 0 Å². The average molecular weight is 250 g/mol. The fraction of sp³-hybridized carbons (Fsp3) is 0.417. The molecule has 2 aromatic rings. The van der Waals surface area contributed by atoms with Crippen LogP contribution in [0.4, 0.5) is 0 Å². The molecule has 0 bridgehead atoms. The van der Waals surface area contributed by atoms with Crippen molar-refractivity contribution in [2.45, 2.75) is 12.1 Å². The zero-order chi connectivity index (χ0) is 11.8. The maximum atomic E-state index is 12.3. The minimum Gasteiger partial charge on any atom is -0.378 e. The Morgan fingerprint density at radius 2 is 2.24 bits per heavy atom. The van der Waals surface area contributed by atoms with Crippen LogP contribution < -0.4 is 10.9 Å². The first-order valence-electron chi connectivity index (χ1n) is 5.65. The first-order chi connectivity index (χ1) is 8.31. The van der Waals surface area contributed by atoms with Crippen molar-refractivity contribution >= 4 is 21.6 Å². The second-order valence-corrected chi connectivity index (χ2v) is 5.23. The van der Waals surface area contributed by atoms with E-state index in [9.17, 15) is 4.79 Å². The SMILES string of the molecule is CO[C@H]1CNCC1n1sc2ccccc2c1=O. The van der Waals surface area contributed by atoms with Crippen molar-refractivity contribution in [3.8, 4) is 0 Å². The fourth-order valence-corrected chi connectivity index (χ4v) is 3.45. The van der Waals surface area contributed by atoms with Crippen molar-refractivity contribution in [1.29, 1.82) is 0 Å². The summed E-state index contributed by atoms with van der Waals surface area (Å²) >= 11 is 1.52. The maximum absolute atomic E-state index is 12.3. The molecule has 0 radical (unpaired) electrons. The molecule has 1 aromatic heterocycles. The van der Waals surface area contributed by atoms with E-state index in [1.807, 2.05) is 28.2 Å². The van der Waals surface area contributed by atoms with Crippen LogP contribution >= 0.6 is 11.5 Å². The molecule has 90 valence electrons. The largest absolute Gasteiger partial charge is 0.378 e. The van der Waals surface area contributed by atoms with E-state index in [0.29, 0.717) is 0 Å². The van der Waals surface area contributed by atoms with Gasteiger partial charge in [-0.1, -0.05) is 23.7 Å². The van der Waals surface area contributed by atoms with Gasteiger partial charge < -0.3 is 10.1 Å². The minimum atomic E-state index is 0.0840. The van der Waals surface area contributed by atoms with Crippen LogP contribution in [0.1, 0.15) is 6.04 Å². The lowest BCUT2D eigenvalue weighted by molar-refractivity contribution is 0.0890. The third-order valence-electron chi connectivity index (χ3n) is 3.25. The van der Waals surface area contributed by atoms with Crippen molar-refractivity contribution < 1.29 is 4.74 Å². The summed E-state index contributed by atoms with van der Waals surface area (Å²) in [6.45, 7) is 1.60. The van der Waals surface area contributed by atoms with Crippen LogP contribution in [0.15, 0.2) is 29.1 Å². The van der Waals surface area contributed by atoms with Crippen LogP contribution in [0.2, 0.25) is 0 Å². The molecule has 2 heterocycles. The first-order valence-corrected chi connectivity index (χ1v) is 6.42. The lowest BCUT2D eigenvalue weighted by Crippen LogP contribution is -2.29.